The molecule has 0 fully saturated rings. The highest BCUT2D eigenvalue weighted by Crippen LogP contribution is 2.16. The van der Waals surface area contributed by atoms with E-state index in [1.165, 1.54) is 11.3 Å². The van der Waals surface area contributed by atoms with Crippen molar-refractivity contribution in [3.8, 4) is 5.75 Å². The van der Waals surface area contributed by atoms with E-state index in [2.05, 4.69) is 25.8 Å². The van der Waals surface area contributed by atoms with Gasteiger partial charge in [0.05, 0.1) is 24.9 Å². The predicted octanol–water partition coefficient (Wildman–Crippen LogP) is 3.11. The molecule has 0 unspecified atom stereocenters. The average Bonchev–Trinajstić information content (AvgIpc) is 3.21. The van der Waals surface area contributed by atoms with Crippen LogP contribution in [0, 0.1) is 0 Å². The number of thiazole rings is 1. The maximum atomic E-state index is 11.9. The first-order valence-electron chi connectivity index (χ1n) is 9.45. The van der Waals surface area contributed by atoms with E-state index in [9.17, 15) is 9.59 Å². The van der Waals surface area contributed by atoms with Crippen LogP contribution in [0.4, 0.5) is 10.9 Å². The number of carbonyl (C=O) groups excluding carboxylic acids is 2. The SMILES string of the molecule is CCOC(=O)Cc1csc(NN=Cc2ccc(OCC(=O)Nc3ccccn3)cc2)n1. The Bertz CT molecular complexity index is 1020. The monoisotopic (exact) mass is 439 g/mol. The van der Waals surface area contributed by atoms with Gasteiger partial charge in [-0.3, -0.25) is 15.0 Å². The molecule has 9 nitrogen and oxygen atoms in total. The molecule has 0 bridgehead atoms. The van der Waals surface area contributed by atoms with Crippen molar-refractivity contribution in [2.45, 2.75) is 13.3 Å². The number of amides is 1. The fourth-order valence-electron chi connectivity index (χ4n) is 2.38. The molecule has 0 aliphatic rings. The molecule has 2 N–H and O–H groups in total. The predicted molar refractivity (Wildman–Crippen MR) is 118 cm³/mol. The van der Waals surface area contributed by atoms with Gasteiger partial charge in [-0.25, -0.2) is 9.97 Å². The Hall–Kier alpha value is -3.79. The Morgan fingerprint density at radius 2 is 2.03 bits per heavy atom. The zero-order chi connectivity index (χ0) is 21.9. The lowest BCUT2D eigenvalue weighted by molar-refractivity contribution is -0.142. The fraction of sp³-hybridized carbons (Fsp3) is 0.190. The lowest BCUT2D eigenvalue weighted by Crippen LogP contribution is -2.20. The van der Waals surface area contributed by atoms with Crippen LogP contribution in [0.5, 0.6) is 5.75 Å². The number of hydrogen-bond donors (Lipinski definition) is 2. The van der Waals surface area contributed by atoms with Gasteiger partial charge in [0.25, 0.3) is 5.91 Å². The van der Waals surface area contributed by atoms with Crippen LogP contribution >= 0.6 is 11.3 Å². The van der Waals surface area contributed by atoms with Crippen molar-refractivity contribution in [1.29, 1.82) is 0 Å². The van der Waals surface area contributed by atoms with Crippen LogP contribution < -0.4 is 15.5 Å². The molecule has 2 aromatic heterocycles. The smallest absolute Gasteiger partial charge is 0.311 e. The molecule has 0 aliphatic heterocycles. The third kappa shape index (κ3) is 7.52. The zero-order valence-corrected chi connectivity index (χ0v) is 17.6. The Morgan fingerprint density at radius 1 is 1.19 bits per heavy atom. The number of esters is 1. The Balaban J connectivity index is 1.43. The van der Waals surface area contributed by atoms with Crippen molar-refractivity contribution in [3.05, 3.63) is 65.3 Å². The van der Waals surface area contributed by atoms with E-state index in [1.807, 2.05) is 12.1 Å². The van der Waals surface area contributed by atoms with Gasteiger partial charge in [0.1, 0.15) is 11.6 Å². The van der Waals surface area contributed by atoms with Crippen molar-refractivity contribution in [2.75, 3.05) is 24.0 Å². The highest BCUT2D eigenvalue weighted by molar-refractivity contribution is 7.13. The van der Waals surface area contributed by atoms with Gasteiger partial charge in [-0.05, 0) is 48.9 Å². The van der Waals surface area contributed by atoms with Crippen molar-refractivity contribution >= 4 is 40.4 Å². The highest BCUT2D eigenvalue weighted by atomic mass is 32.1. The molecule has 0 spiro atoms. The molecule has 31 heavy (non-hydrogen) atoms. The Morgan fingerprint density at radius 3 is 2.77 bits per heavy atom. The van der Waals surface area contributed by atoms with E-state index in [1.54, 1.807) is 55.0 Å². The van der Waals surface area contributed by atoms with Crippen molar-refractivity contribution in [3.63, 3.8) is 0 Å². The van der Waals surface area contributed by atoms with Crippen LogP contribution in [0.15, 0.2) is 59.1 Å². The lowest BCUT2D eigenvalue weighted by atomic mass is 10.2. The summed E-state index contributed by atoms with van der Waals surface area (Å²) in [5, 5.41) is 9.15. The van der Waals surface area contributed by atoms with E-state index in [4.69, 9.17) is 9.47 Å². The normalized spacial score (nSPS) is 10.6. The van der Waals surface area contributed by atoms with Gasteiger partial charge in [0, 0.05) is 11.6 Å². The van der Waals surface area contributed by atoms with Gasteiger partial charge in [-0.2, -0.15) is 5.10 Å². The summed E-state index contributed by atoms with van der Waals surface area (Å²) in [5.74, 6) is 0.437. The van der Waals surface area contributed by atoms with Crippen LogP contribution in [-0.4, -0.2) is 41.3 Å². The summed E-state index contributed by atoms with van der Waals surface area (Å²) in [6.45, 7) is 1.99. The number of nitrogens with zero attached hydrogens (tertiary/aromatic N) is 3. The number of aromatic nitrogens is 2. The van der Waals surface area contributed by atoms with E-state index in [0.29, 0.717) is 29.0 Å². The summed E-state index contributed by atoms with van der Waals surface area (Å²) in [6, 6.07) is 12.4. The summed E-state index contributed by atoms with van der Waals surface area (Å²) in [5.41, 5.74) is 4.30. The molecule has 2 heterocycles. The number of anilines is 2. The van der Waals surface area contributed by atoms with Gasteiger partial charge >= 0.3 is 5.97 Å². The van der Waals surface area contributed by atoms with E-state index < -0.39 is 0 Å². The van der Waals surface area contributed by atoms with Crippen LogP contribution in [0.25, 0.3) is 0 Å². The van der Waals surface area contributed by atoms with Crippen molar-refractivity contribution < 1.29 is 19.1 Å². The van der Waals surface area contributed by atoms with Gasteiger partial charge in [0.2, 0.25) is 5.13 Å². The highest BCUT2D eigenvalue weighted by Gasteiger charge is 2.08. The first-order chi connectivity index (χ1) is 15.1. The molecular formula is C21H21N5O4S. The maximum absolute atomic E-state index is 11.9. The topological polar surface area (TPSA) is 115 Å². The number of carbonyl (C=O) groups is 2. The molecule has 1 amide bonds. The number of benzene rings is 1. The standard InChI is InChI=1S/C21H21N5O4S/c1-2-29-20(28)11-16-14-31-21(24-16)26-23-12-15-6-8-17(9-7-15)30-13-19(27)25-18-5-3-4-10-22-18/h3-10,12,14H,2,11,13H2,1H3,(H,24,26)(H,22,25,27). The molecule has 3 aromatic rings. The van der Waals surface area contributed by atoms with Crippen molar-refractivity contribution in [2.24, 2.45) is 5.10 Å². The minimum Gasteiger partial charge on any atom is -0.484 e. The van der Waals surface area contributed by atoms with Crippen LogP contribution in [0.3, 0.4) is 0 Å². The summed E-state index contributed by atoms with van der Waals surface area (Å²) in [7, 11) is 0. The third-order valence-corrected chi connectivity index (χ3v) is 4.53. The Labute approximate surface area is 183 Å². The molecule has 0 saturated heterocycles. The summed E-state index contributed by atoms with van der Waals surface area (Å²) >= 11 is 1.35. The molecule has 3 rings (SSSR count). The molecule has 160 valence electrons. The Kier molecular flexibility index (Phi) is 8.06. The van der Waals surface area contributed by atoms with Crippen molar-refractivity contribution in [1.82, 2.24) is 9.97 Å². The maximum Gasteiger partial charge on any atom is 0.311 e. The third-order valence-electron chi connectivity index (χ3n) is 3.74. The average molecular weight is 439 g/mol. The number of ether oxygens (including phenoxy) is 2. The molecule has 0 saturated carbocycles. The van der Waals surface area contributed by atoms with Gasteiger partial charge < -0.3 is 14.8 Å². The molecule has 0 aliphatic carbocycles. The molecule has 1 aromatic carbocycles. The van der Waals surface area contributed by atoms with Crippen LogP contribution in [0.2, 0.25) is 0 Å². The number of hydrazone groups is 1. The summed E-state index contributed by atoms with van der Waals surface area (Å²) in [4.78, 5) is 31.7. The summed E-state index contributed by atoms with van der Waals surface area (Å²) < 4.78 is 10.4. The number of hydrogen-bond acceptors (Lipinski definition) is 9. The minimum atomic E-state index is -0.306. The van der Waals surface area contributed by atoms with Crippen LogP contribution in [0.1, 0.15) is 18.2 Å². The molecule has 10 heteroatoms. The number of rotatable bonds is 10. The van der Waals surface area contributed by atoms with Crippen LogP contribution in [-0.2, 0) is 20.7 Å². The molecular weight excluding hydrogens is 418 g/mol. The van der Waals surface area contributed by atoms with E-state index in [0.717, 1.165) is 5.56 Å². The first kappa shape index (κ1) is 21.9. The van der Waals surface area contributed by atoms with Gasteiger partial charge in [-0.1, -0.05) is 6.07 Å². The number of pyridine rings is 1. The molecule has 0 radical (unpaired) electrons. The second-order valence-electron chi connectivity index (χ2n) is 6.12. The van der Waals surface area contributed by atoms with E-state index >= 15 is 0 Å². The molecule has 0 atom stereocenters. The zero-order valence-electron chi connectivity index (χ0n) is 16.8. The number of nitrogens with one attached hydrogen (secondary N) is 2. The first-order valence-corrected chi connectivity index (χ1v) is 10.3. The second-order valence-corrected chi connectivity index (χ2v) is 6.97. The minimum absolute atomic E-state index is 0.121. The van der Waals surface area contributed by atoms with Gasteiger partial charge in [-0.15, -0.1) is 11.3 Å². The lowest BCUT2D eigenvalue weighted by Gasteiger charge is -2.07. The quantitative estimate of drug-likeness (QED) is 0.283. The summed E-state index contributed by atoms with van der Waals surface area (Å²) in [6.07, 6.45) is 3.36. The van der Waals surface area contributed by atoms with Gasteiger partial charge in [0.15, 0.2) is 6.61 Å². The van der Waals surface area contributed by atoms with E-state index in [-0.39, 0.29) is 24.9 Å². The fourth-order valence-corrected chi connectivity index (χ4v) is 3.04. The largest absolute Gasteiger partial charge is 0.484 e. The second kappa shape index (κ2) is 11.4.